The van der Waals surface area contributed by atoms with E-state index in [9.17, 15) is 19.5 Å². The molecule has 0 aliphatic carbocycles. The maximum Gasteiger partial charge on any atom is 0.312 e. The van der Waals surface area contributed by atoms with Gasteiger partial charge in [0.1, 0.15) is 11.6 Å². The summed E-state index contributed by atoms with van der Waals surface area (Å²) in [5.74, 6) is -2.70. The summed E-state index contributed by atoms with van der Waals surface area (Å²) in [6, 6.07) is 12.1. The van der Waals surface area contributed by atoms with Crippen LogP contribution in [0.1, 0.15) is 33.6 Å². The second-order valence-corrected chi connectivity index (χ2v) is 12.6. The highest BCUT2D eigenvalue weighted by molar-refractivity contribution is 9.09. The quantitative estimate of drug-likeness (QED) is 0.247. The van der Waals surface area contributed by atoms with E-state index in [2.05, 4.69) is 22.5 Å². The largest absolute Gasteiger partial charge is 0.466 e. The van der Waals surface area contributed by atoms with Crippen molar-refractivity contribution in [3.63, 3.8) is 0 Å². The third kappa shape index (κ3) is 4.56. The molecule has 3 aliphatic rings. The summed E-state index contributed by atoms with van der Waals surface area (Å²) in [6.45, 7) is 9.72. The van der Waals surface area contributed by atoms with Crippen molar-refractivity contribution >= 4 is 50.2 Å². The highest BCUT2D eigenvalue weighted by atomic mass is 79.9. The number of likely N-dealkylation sites (tertiary alicyclic amines) is 1. The van der Waals surface area contributed by atoms with Crippen molar-refractivity contribution in [3.05, 3.63) is 55.1 Å². The number of carbonyl (C=O) groups excluding carboxylic acids is 3. The normalized spacial score (nSPS) is 29.6. The molecule has 214 valence electrons. The Morgan fingerprint density at radius 3 is 2.65 bits per heavy atom. The molecule has 3 heterocycles. The maximum absolute atomic E-state index is 14.8. The molecule has 2 aromatic carbocycles. The van der Waals surface area contributed by atoms with Crippen LogP contribution in [-0.2, 0) is 23.9 Å². The predicted molar refractivity (Wildman–Crippen MR) is 156 cm³/mol. The zero-order valence-corrected chi connectivity index (χ0v) is 24.7. The third-order valence-corrected chi connectivity index (χ3v) is 9.33. The minimum atomic E-state index is -1.23. The lowest BCUT2D eigenvalue weighted by atomic mass is 9.70. The molecule has 1 N–H and O–H groups in total. The molecule has 2 aromatic rings. The Kier molecular flexibility index (Phi) is 8.10. The number of hydrogen-bond donors (Lipinski definition) is 1. The molecule has 1 spiro atoms. The number of halogens is 1. The summed E-state index contributed by atoms with van der Waals surface area (Å²) in [6.07, 6.45) is 1.95. The number of hydrogen-bond acceptors (Lipinski definition) is 6. The number of amides is 2. The summed E-state index contributed by atoms with van der Waals surface area (Å²) in [7, 11) is 0. The van der Waals surface area contributed by atoms with Gasteiger partial charge in [-0.15, -0.1) is 6.58 Å². The number of aliphatic hydroxyl groups excluding tert-OH is 1. The highest BCUT2D eigenvalue weighted by Gasteiger charge is 2.77. The van der Waals surface area contributed by atoms with E-state index < -0.39 is 41.6 Å². The minimum absolute atomic E-state index is 0.158. The molecule has 0 saturated carbocycles. The molecule has 5 rings (SSSR count). The van der Waals surface area contributed by atoms with Gasteiger partial charge >= 0.3 is 5.97 Å². The van der Waals surface area contributed by atoms with Crippen LogP contribution in [0.25, 0.3) is 10.8 Å². The van der Waals surface area contributed by atoms with E-state index in [1.54, 1.807) is 17.9 Å². The Labute approximate surface area is 243 Å². The average Bonchev–Trinajstić information content (AvgIpc) is 3.53. The van der Waals surface area contributed by atoms with Crippen LogP contribution in [0.2, 0.25) is 0 Å². The van der Waals surface area contributed by atoms with Gasteiger partial charge < -0.3 is 24.4 Å². The standard InChI is InChI=1S/C31H37BrN2O6/c1-5-13-33(21-12-11-19-9-7-8-10-20(19)15-21)29(37)27-31-16-23(32)26(40-31)24(30(38)39-6-2)25(31)28(36)34(27)22(17-35)14-18(3)4/h5,7-12,15,18,22-27,35H,1,6,13-14,16-17H2,2-4H3/t22-,23?,24+,25-,26+,27+,31-/m1/s1. The molecule has 8 nitrogen and oxygen atoms in total. The van der Waals surface area contributed by atoms with Gasteiger partial charge in [0.15, 0.2) is 0 Å². The molecule has 7 atom stereocenters. The monoisotopic (exact) mass is 612 g/mol. The van der Waals surface area contributed by atoms with Gasteiger partial charge in [-0.2, -0.15) is 0 Å². The maximum atomic E-state index is 14.8. The molecule has 3 fully saturated rings. The molecular formula is C31H37BrN2O6. The van der Waals surface area contributed by atoms with E-state index in [0.29, 0.717) is 18.5 Å². The van der Waals surface area contributed by atoms with Gasteiger partial charge in [0.2, 0.25) is 5.91 Å². The fourth-order valence-corrected chi connectivity index (χ4v) is 7.95. The van der Waals surface area contributed by atoms with Crippen LogP contribution in [0.5, 0.6) is 0 Å². The van der Waals surface area contributed by atoms with Crippen LogP contribution in [0.4, 0.5) is 5.69 Å². The first kappa shape index (κ1) is 28.8. The first-order valence-electron chi connectivity index (χ1n) is 14.0. The van der Waals surface area contributed by atoms with Gasteiger partial charge in [0, 0.05) is 17.1 Å². The zero-order chi connectivity index (χ0) is 28.8. The van der Waals surface area contributed by atoms with Crippen molar-refractivity contribution in [1.29, 1.82) is 0 Å². The van der Waals surface area contributed by atoms with Gasteiger partial charge in [0.05, 0.1) is 37.2 Å². The molecule has 2 amide bonds. The Balaban J connectivity index is 1.63. The van der Waals surface area contributed by atoms with Crippen molar-refractivity contribution in [2.45, 2.75) is 62.2 Å². The topological polar surface area (TPSA) is 96.4 Å². The smallest absolute Gasteiger partial charge is 0.312 e. The molecule has 3 saturated heterocycles. The van der Waals surface area contributed by atoms with Crippen molar-refractivity contribution < 1.29 is 29.0 Å². The van der Waals surface area contributed by atoms with Crippen molar-refractivity contribution in [2.24, 2.45) is 17.8 Å². The Morgan fingerprint density at radius 2 is 2.00 bits per heavy atom. The number of anilines is 1. The number of carbonyl (C=O) groups is 3. The van der Waals surface area contributed by atoms with E-state index >= 15 is 0 Å². The number of esters is 1. The lowest BCUT2D eigenvalue weighted by Crippen LogP contribution is -2.59. The molecular weight excluding hydrogens is 576 g/mol. The first-order valence-corrected chi connectivity index (χ1v) is 14.9. The molecule has 9 heteroatoms. The Bertz CT molecular complexity index is 1320. The second kappa shape index (κ2) is 11.3. The third-order valence-electron chi connectivity index (χ3n) is 8.49. The van der Waals surface area contributed by atoms with Gasteiger partial charge in [-0.25, -0.2) is 0 Å². The lowest BCUT2D eigenvalue weighted by molar-refractivity contribution is -0.155. The van der Waals surface area contributed by atoms with Crippen molar-refractivity contribution in [2.75, 3.05) is 24.7 Å². The fraction of sp³-hybridized carbons (Fsp3) is 0.516. The molecule has 3 aliphatic heterocycles. The van der Waals surface area contributed by atoms with Crippen LogP contribution in [0.15, 0.2) is 55.1 Å². The van der Waals surface area contributed by atoms with Crippen LogP contribution in [-0.4, -0.2) is 76.2 Å². The lowest BCUT2D eigenvalue weighted by Gasteiger charge is -2.39. The van der Waals surface area contributed by atoms with Gasteiger partial charge in [-0.1, -0.05) is 66.2 Å². The van der Waals surface area contributed by atoms with Gasteiger partial charge in [-0.3, -0.25) is 14.4 Å². The number of rotatable bonds is 10. The summed E-state index contributed by atoms with van der Waals surface area (Å²) < 4.78 is 12.0. The van der Waals surface area contributed by atoms with Gasteiger partial charge in [-0.05, 0) is 48.6 Å². The van der Waals surface area contributed by atoms with E-state index in [1.807, 2.05) is 56.3 Å². The molecule has 0 radical (unpaired) electrons. The average molecular weight is 614 g/mol. The number of aliphatic hydroxyl groups is 1. The fourth-order valence-electron chi connectivity index (χ4n) is 7.01. The van der Waals surface area contributed by atoms with E-state index in [4.69, 9.17) is 9.47 Å². The number of alkyl halides is 1. The molecule has 0 aromatic heterocycles. The number of nitrogens with zero attached hydrogens (tertiary/aromatic N) is 2. The molecule has 40 heavy (non-hydrogen) atoms. The first-order chi connectivity index (χ1) is 19.2. The zero-order valence-electron chi connectivity index (χ0n) is 23.2. The summed E-state index contributed by atoms with van der Waals surface area (Å²) in [5, 5.41) is 12.5. The number of ether oxygens (including phenoxy) is 2. The van der Waals surface area contributed by atoms with Crippen molar-refractivity contribution in [3.8, 4) is 0 Å². The SMILES string of the molecule is C=CCN(C(=O)[C@@H]1N([C@@H](CO)CC(C)C)C(=O)[C@H]2[C@H](C(=O)OCC)[C@H]3O[C@@]12CC3Br)c1ccc2ccccc2c1. The highest BCUT2D eigenvalue weighted by Crippen LogP contribution is 2.61. The van der Waals surface area contributed by atoms with Crippen LogP contribution in [0.3, 0.4) is 0 Å². The number of benzene rings is 2. The van der Waals surface area contributed by atoms with Crippen molar-refractivity contribution in [1.82, 2.24) is 4.90 Å². The van der Waals surface area contributed by atoms with Gasteiger partial charge in [0.25, 0.3) is 5.91 Å². The number of fused-ring (bicyclic) bond motifs is 2. The molecule has 2 bridgehead atoms. The van der Waals surface area contributed by atoms with E-state index in [1.165, 1.54) is 4.90 Å². The van der Waals surface area contributed by atoms with Crippen LogP contribution >= 0.6 is 15.9 Å². The van der Waals surface area contributed by atoms with Crippen LogP contribution < -0.4 is 4.90 Å². The predicted octanol–water partition coefficient (Wildman–Crippen LogP) is 4.08. The van der Waals surface area contributed by atoms with Crippen LogP contribution in [0, 0.1) is 17.8 Å². The summed E-state index contributed by atoms with van der Waals surface area (Å²) >= 11 is 3.68. The van der Waals surface area contributed by atoms with E-state index in [0.717, 1.165) is 10.8 Å². The Morgan fingerprint density at radius 1 is 1.27 bits per heavy atom. The molecule has 1 unspecified atom stereocenters. The summed E-state index contributed by atoms with van der Waals surface area (Å²) in [4.78, 5) is 45.2. The minimum Gasteiger partial charge on any atom is -0.466 e. The summed E-state index contributed by atoms with van der Waals surface area (Å²) in [5.41, 5.74) is -0.560. The Hall–Kier alpha value is -2.75. The second-order valence-electron chi connectivity index (χ2n) is 11.4. The van der Waals surface area contributed by atoms with E-state index in [-0.39, 0.29) is 42.3 Å².